The van der Waals surface area contributed by atoms with Crippen molar-refractivity contribution in [2.45, 2.75) is 6.18 Å². The fourth-order valence-electron chi connectivity index (χ4n) is 2.38. The van der Waals surface area contributed by atoms with Crippen molar-refractivity contribution in [2.75, 3.05) is 11.9 Å². The number of ether oxygens (including phenoxy) is 1. The molecule has 5 nitrogen and oxygen atoms in total. The Morgan fingerprint density at radius 1 is 1.07 bits per heavy atom. The smallest absolute Gasteiger partial charge is 0.417 e. The number of hydrogen-bond acceptors (Lipinski definition) is 4. The predicted molar refractivity (Wildman–Crippen MR) is 98.0 cm³/mol. The maximum atomic E-state index is 12.9. The Hall–Kier alpha value is -3.13. The number of carbonyl (C=O) groups is 1. The van der Waals surface area contributed by atoms with Crippen LogP contribution >= 0.6 is 11.6 Å². The van der Waals surface area contributed by atoms with Gasteiger partial charge < -0.3 is 10.1 Å². The molecular formula is C19H13ClF3N3O2. The number of carbonyl (C=O) groups excluding carboxylic acids is 1. The molecule has 0 fully saturated rings. The molecule has 1 heterocycles. The van der Waals surface area contributed by atoms with E-state index in [0.29, 0.717) is 5.75 Å². The number of halogens is 4. The Labute approximate surface area is 163 Å². The summed E-state index contributed by atoms with van der Waals surface area (Å²) >= 11 is 5.56. The molecule has 0 saturated heterocycles. The van der Waals surface area contributed by atoms with E-state index in [1.807, 2.05) is 6.07 Å². The van der Waals surface area contributed by atoms with Gasteiger partial charge in [-0.05, 0) is 35.9 Å². The van der Waals surface area contributed by atoms with Crippen molar-refractivity contribution < 1.29 is 22.7 Å². The number of anilines is 1. The van der Waals surface area contributed by atoms with Gasteiger partial charge in [0.25, 0.3) is 5.91 Å². The van der Waals surface area contributed by atoms with E-state index in [-0.39, 0.29) is 12.3 Å². The predicted octanol–water partition coefficient (Wildman–Crippen LogP) is 4.83. The number of hydrogen-bond donors (Lipinski definition) is 1. The summed E-state index contributed by atoms with van der Waals surface area (Å²) in [6, 6.07) is 10.1. The average molecular weight is 408 g/mol. The zero-order valence-corrected chi connectivity index (χ0v) is 15.0. The van der Waals surface area contributed by atoms with Crippen LogP contribution in [0.2, 0.25) is 5.02 Å². The number of nitrogens with zero attached hydrogens (tertiary/aromatic N) is 2. The fraction of sp³-hybridized carbons (Fsp3) is 0.105. The molecule has 28 heavy (non-hydrogen) atoms. The van der Waals surface area contributed by atoms with Crippen LogP contribution in [0.25, 0.3) is 11.1 Å². The Morgan fingerprint density at radius 2 is 1.82 bits per heavy atom. The van der Waals surface area contributed by atoms with Crippen molar-refractivity contribution in [3.8, 4) is 16.9 Å². The molecule has 0 saturated carbocycles. The molecule has 9 heteroatoms. The minimum absolute atomic E-state index is 0.0273. The van der Waals surface area contributed by atoms with E-state index in [1.165, 1.54) is 12.4 Å². The molecule has 3 rings (SSSR count). The number of benzene rings is 2. The van der Waals surface area contributed by atoms with E-state index in [4.69, 9.17) is 16.3 Å². The van der Waals surface area contributed by atoms with Gasteiger partial charge in [-0.1, -0.05) is 23.7 Å². The van der Waals surface area contributed by atoms with Crippen molar-refractivity contribution >= 4 is 23.2 Å². The second-order valence-electron chi connectivity index (χ2n) is 5.68. The molecular weight excluding hydrogens is 395 g/mol. The van der Waals surface area contributed by atoms with Gasteiger partial charge in [0.2, 0.25) is 0 Å². The van der Waals surface area contributed by atoms with Gasteiger partial charge in [0, 0.05) is 23.6 Å². The quantitative estimate of drug-likeness (QED) is 0.657. The molecule has 2 aromatic carbocycles. The number of alkyl halides is 3. The van der Waals surface area contributed by atoms with E-state index in [2.05, 4.69) is 15.3 Å². The summed E-state index contributed by atoms with van der Waals surface area (Å²) in [5.41, 5.74) is 0.524. The van der Waals surface area contributed by atoms with E-state index in [1.54, 1.807) is 30.6 Å². The summed E-state index contributed by atoms with van der Waals surface area (Å²) < 4.78 is 44.1. The van der Waals surface area contributed by atoms with Gasteiger partial charge in [0.05, 0.1) is 10.6 Å². The first-order valence-electron chi connectivity index (χ1n) is 7.98. The highest BCUT2D eigenvalue weighted by Crippen LogP contribution is 2.36. The van der Waals surface area contributed by atoms with Crippen molar-refractivity contribution in [1.29, 1.82) is 0 Å². The van der Waals surface area contributed by atoms with Crippen LogP contribution in [0.5, 0.6) is 5.75 Å². The highest BCUT2D eigenvalue weighted by Gasteiger charge is 2.33. The van der Waals surface area contributed by atoms with Crippen LogP contribution in [0.1, 0.15) is 5.56 Å². The Kier molecular flexibility index (Phi) is 5.79. The van der Waals surface area contributed by atoms with Crippen LogP contribution < -0.4 is 10.1 Å². The highest BCUT2D eigenvalue weighted by molar-refractivity contribution is 6.31. The third kappa shape index (κ3) is 4.98. The van der Waals surface area contributed by atoms with Gasteiger partial charge in [-0.25, -0.2) is 9.97 Å². The highest BCUT2D eigenvalue weighted by atomic mass is 35.5. The van der Waals surface area contributed by atoms with E-state index >= 15 is 0 Å². The number of rotatable bonds is 5. The lowest BCUT2D eigenvalue weighted by molar-refractivity contribution is -0.137. The Balaban J connectivity index is 1.64. The molecule has 1 N–H and O–H groups in total. The van der Waals surface area contributed by atoms with Gasteiger partial charge in [-0.3, -0.25) is 4.79 Å². The lowest BCUT2D eigenvalue weighted by Crippen LogP contribution is -2.20. The number of aromatic nitrogens is 2. The zero-order valence-electron chi connectivity index (χ0n) is 14.2. The molecule has 144 valence electrons. The summed E-state index contributed by atoms with van der Waals surface area (Å²) in [7, 11) is 0. The van der Waals surface area contributed by atoms with Gasteiger partial charge in [-0.2, -0.15) is 13.2 Å². The molecule has 0 aliphatic rings. The normalized spacial score (nSPS) is 11.1. The van der Waals surface area contributed by atoms with Gasteiger partial charge >= 0.3 is 6.18 Å². The van der Waals surface area contributed by atoms with Crippen molar-refractivity contribution in [1.82, 2.24) is 9.97 Å². The van der Waals surface area contributed by atoms with Gasteiger partial charge in [0.1, 0.15) is 12.1 Å². The number of amides is 1. The first-order chi connectivity index (χ1) is 13.3. The second kappa shape index (κ2) is 8.26. The molecule has 0 aliphatic heterocycles. The molecule has 3 aromatic rings. The van der Waals surface area contributed by atoms with Crippen molar-refractivity contribution in [3.05, 3.63) is 71.8 Å². The Bertz CT molecular complexity index is 982. The SMILES string of the molecule is O=C(COc1cccc(-c2cncnc2)c1)Nc1ccc(Cl)c(C(F)(F)F)c1. The van der Waals surface area contributed by atoms with Crippen LogP contribution in [-0.4, -0.2) is 22.5 Å². The largest absolute Gasteiger partial charge is 0.484 e. The molecule has 0 bridgehead atoms. The van der Waals surface area contributed by atoms with Crippen LogP contribution in [0.15, 0.2) is 61.2 Å². The van der Waals surface area contributed by atoms with E-state index in [0.717, 1.165) is 23.3 Å². The van der Waals surface area contributed by atoms with Gasteiger partial charge in [-0.15, -0.1) is 0 Å². The summed E-state index contributed by atoms with van der Waals surface area (Å²) in [5.74, 6) is -0.188. The van der Waals surface area contributed by atoms with E-state index < -0.39 is 22.7 Å². The van der Waals surface area contributed by atoms with Crippen LogP contribution in [0.4, 0.5) is 18.9 Å². The maximum absolute atomic E-state index is 12.9. The van der Waals surface area contributed by atoms with Crippen LogP contribution in [0.3, 0.4) is 0 Å². The molecule has 1 aromatic heterocycles. The molecule has 0 aliphatic carbocycles. The standard InChI is InChI=1S/C19H13ClF3N3O2/c20-17-5-4-14(7-16(17)19(21,22)23)26-18(27)10-28-15-3-1-2-12(6-15)13-8-24-11-25-9-13/h1-9,11H,10H2,(H,26,27). The lowest BCUT2D eigenvalue weighted by Gasteiger charge is -2.12. The topological polar surface area (TPSA) is 64.1 Å². The van der Waals surface area contributed by atoms with E-state index in [9.17, 15) is 18.0 Å². The fourth-order valence-corrected chi connectivity index (χ4v) is 2.60. The lowest BCUT2D eigenvalue weighted by atomic mass is 10.1. The average Bonchev–Trinajstić information content (AvgIpc) is 2.68. The summed E-state index contributed by atoms with van der Waals surface area (Å²) in [6.07, 6.45) is 0.0697. The minimum atomic E-state index is -4.62. The zero-order chi connectivity index (χ0) is 20.1. The van der Waals surface area contributed by atoms with Crippen LogP contribution in [-0.2, 0) is 11.0 Å². The molecule has 0 atom stereocenters. The van der Waals surface area contributed by atoms with Crippen LogP contribution in [0, 0.1) is 0 Å². The Morgan fingerprint density at radius 3 is 2.54 bits per heavy atom. The molecule has 0 unspecified atom stereocenters. The molecule has 0 spiro atoms. The number of nitrogens with one attached hydrogen (secondary N) is 1. The third-order valence-corrected chi connectivity index (χ3v) is 3.98. The summed E-state index contributed by atoms with van der Waals surface area (Å²) in [4.78, 5) is 19.9. The molecule has 1 amide bonds. The van der Waals surface area contributed by atoms with Crippen molar-refractivity contribution in [3.63, 3.8) is 0 Å². The second-order valence-corrected chi connectivity index (χ2v) is 6.09. The first-order valence-corrected chi connectivity index (χ1v) is 8.35. The first kappa shape index (κ1) is 19.6. The third-order valence-electron chi connectivity index (χ3n) is 3.65. The summed E-state index contributed by atoms with van der Waals surface area (Å²) in [5, 5.41) is 1.91. The minimum Gasteiger partial charge on any atom is -0.484 e. The van der Waals surface area contributed by atoms with Crippen molar-refractivity contribution in [2.24, 2.45) is 0 Å². The maximum Gasteiger partial charge on any atom is 0.417 e. The summed E-state index contributed by atoms with van der Waals surface area (Å²) in [6.45, 7) is -0.376. The van der Waals surface area contributed by atoms with Gasteiger partial charge in [0.15, 0.2) is 6.61 Å². The molecule has 0 radical (unpaired) electrons. The monoisotopic (exact) mass is 407 g/mol.